The van der Waals surface area contributed by atoms with Crippen molar-refractivity contribution in [3.8, 4) is 0 Å². The van der Waals surface area contributed by atoms with E-state index < -0.39 is 48.1 Å². The number of alkyl halides is 2. The minimum Gasteiger partial charge on any atom is -0.481 e. The highest BCUT2D eigenvalue weighted by atomic mass is 32.1. The Hall–Kier alpha value is -3.25. The number of esters is 1. The van der Waals surface area contributed by atoms with E-state index in [-0.39, 0.29) is 36.6 Å². The van der Waals surface area contributed by atoms with Gasteiger partial charge in [-0.2, -0.15) is 0 Å². The first-order valence-corrected chi connectivity index (χ1v) is 16.2. The molecule has 4 aliphatic rings. The summed E-state index contributed by atoms with van der Waals surface area (Å²) in [5.74, 6) is -5.74. The molecule has 1 aromatic heterocycles. The number of carboxylic acid groups (broad SMARTS) is 1. The van der Waals surface area contributed by atoms with E-state index in [9.17, 15) is 19.1 Å². The van der Waals surface area contributed by atoms with E-state index in [4.69, 9.17) is 9.73 Å². The molecule has 3 fully saturated rings. The van der Waals surface area contributed by atoms with Crippen molar-refractivity contribution in [3.05, 3.63) is 63.0 Å². The van der Waals surface area contributed by atoms with Gasteiger partial charge in [0.25, 0.3) is 5.92 Å². The molecule has 236 valence electrons. The molecule has 0 radical (unpaired) electrons. The Morgan fingerprint density at radius 1 is 1.18 bits per heavy atom. The summed E-state index contributed by atoms with van der Waals surface area (Å²) in [6.45, 7) is 3.01. The summed E-state index contributed by atoms with van der Waals surface area (Å²) in [5.41, 5.74) is 1.41. The molecule has 0 spiro atoms. The lowest BCUT2D eigenvalue weighted by Gasteiger charge is -2.35. The second-order valence-corrected chi connectivity index (χ2v) is 13.3. The van der Waals surface area contributed by atoms with Gasteiger partial charge in [0, 0.05) is 35.8 Å². The molecule has 2 aromatic rings. The van der Waals surface area contributed by atoms with Crippen LogP contribution in [0.4, 0.5) is 13.2 Å². The highest BCUT2D eigenvalue weighted by molar-refractivity contribution is 7.11. The zero-order valence-corrected chi connectivity index (χ0v) is 25.6. The quantitative estimate of drug-likeness (QED) is 0.359. The number of halogens is 3. The SMILES string of the molecule is CCOC(=O)C1=C(CN2CC(F)(F)[C@H]3C2CC[C@@H]3C2CCC(C(=O)O)CC2)NC(c2nccs2)=N[C@H]1c1cccc(F)c1C. The van der Waals surface area contributed by atoms with Crippen molar-refractivity contribution in [3.63, 3.8) is 0 Å². The molecule has 12 heteroatoms. The molecule has 0 amide bonds. The van der Waals surface area contributed by atoms with E-state index >= 15 is 8.78 Å². The number of fused-ring (bicyclic) bond motifs is 1. The number of aliphatic carboxylic acids is 1. The van der Waals surface area contributed by atoms with E-state index in [1.165, 1.54) is 17.4 Å². The van der Waals surface area contributed by atoms with Gasteiger partial charge in [-0.3, -0.25) is 14.7 Å². The van der Waals surface area contributed by atoms with Crippen molar-refractivity contribution in [2.45, 2.75) is 70.4 Å². The fourth-order valence-electron chi connectivity index (χ4n) is 7.97. The van der Waals surface area contributed by atoms with Gasteiger partial charge in [0.2, 0.25) is 0 Å². The molecule has 3 heterocycles. The molecule has 2 N–H and O–H groups in total. The van der Waals surface area contributed by atoms with Crippen molar-refractivity contribution in [2.75, 3.05) is 19.7 Å². The van der Waals surface area contributed by atoms with Crippen LogP contribution in [0.5, 0.6) is 0 Å². The first-order valence-electron chi connectivity index (χ1n) is 15.3. The Bertz CT molecular complexity index is 1470. The monoisotopic (exact) mass is 630 g/mol. The largest absolute Gasteiger partial charge is 0.481 e. The Balaban J connectivity index is 1.34. The maximum Gasteiger partial charge on any atom is 0.338 e. The van der Waals surface area contributed by atoms with Gasteiger partial charge in [-0.05, 0) is 81.4 Å². The van der Waals surface area contributed by atoms with Gasteiger partial charge in [-0.15, -0.1) is 11.3 Å². The van der Waals surface area contributed by atoms with Gasteiger partial charge in [-0.1, -0.05) is 12.1 Å². The number of nitrogens with one attached hydrogen (secondary N) is 1. The minimum absolute atomic E-state index is 0.0403. The third-order valence-corrected chi connectivity index (χ3v) is 10.8. The summed E-state index contributed by atoms with van der Waals surface area (Å²) >= 11 is 1.34. The summed E-state index contributed by atoms with van der Waals surface area (Å²) < 4.78 is 52.0. The number of likely N-dealkylation sites (tertiary alicyclic amines) is 1. The maximum absolute atomic E-state index is 15.9. The Morgan fingerprint density at radius 3 is 2.64 bits per heavy atom. The van der Waals surface area contributed by atoms with Gasteiger partial charge in [0.15, 0.2) is 10.8 Å². The number of carbonyl (C=O) groups excluding carboxylic acids is 1. The smallest absolute Gasteiger partial charge is 0.338 e. The van der Waals surface area contributed by atoms with E-state index in [1.54, 1.807) is 42.5 Å². The lowest BCUT2D eigenvalue weighted by atomic mass is 9.71. The Morgan fingerprint density at radius 2 is 1.95 bits per heavy atom. The van der Waals surface area contributed by atoms with Crippen molar-refractivity contribution in [1.82, 2.24) is 15.2 Å². The molecular formula is C32H37F3N4O4S. The van der Waals surface area contributed by atoms with Crippen LogP contribution in [0.25, 0.3) is 0 Å². The Kier molecular flexibility index (Phi) is 8.58. The van der Waals surface area contributed by atoms with E-state index in [0.29, 0.717) is 66.2 Å². The number of aromatic nitrogens is 1. The molecule has 1 unspecified atom stereocenters. The summed E-state index contributed by atoms with van der Waals surface area (Å²) in [5, 5.41) is 15.0. The fraction of sp³-hybridized carbons (Fsp3) is 0.562. The van der Waals surface area contributed by atoms with Crippen molar-refractivity contribution >= 4 is 29.1 Å². The van der Waals surface area contributed by atoms with Crippen LogP contribution in [0.3, 0.4) is 0 Å². The molecule has 1 aromatic carbocycles. The van der Waals surface area contributed by atoms with Gasteiger partial charge >= 0.3 is 11.9 Å². The number of amidine groups is 1. The molecule has 44 heavy (non-hydrogen) atoms. The van der Waals surface area contributed by atoms with Crippen LogP contribution in [-0.4, -0.2) is 64.4 Å². The highest BCUT2D eigenvalue weighted by Crippen LogP contribution is 2.55. The van der Waals surface area contributed by atoms with E-state index in [0.717, 1.165) is 0 Å². The van der Waals surface area contributed by atoms with Crippen LogP contribution in [-0.2, 0) is 14.3 Å². The zero-order chi connectivity index (χ0) is 31.2. The number of hydrogen-bond donors (Lipinski definition) is 2. The van der Waals surface area contributed by atoms with E-state index in [2.05, 4.69) is 10.3 Å². The number of benzene rings is 1. The molecule has 8 nitrogen and oxygen atoms in total. The summed E-state index contributed by atoms with van der Waals surface area (Å²) in [7, 11) is 0. The van der Waals surface area contributed by atoms with Crippen LogP contribution in [0, 0.1) is 36.4 Å². The molecule has 2 aliphatic heterocycles. The maximum atomic E-state index is 15.9. The predicted octanol–water partition coefficient (Wildman–Crippen LogP) is 5.74. The number of carboxylic acids is 1. The summed E-state index contributed by atoms with van der Waals surface area (Å²) in [4.78, 5) is 36.0. The number of hydrogen-bond acceptors (Lipinski definition) is 8. The van der Waals surface area contributed by atoms with Gasteiger partial charge in [-0.25, -0.2) is 22.9 Å². The van der Waals surface area contributed by atoms with Gasteiger partial charge < -0.3 is 15.2 Å². The average molecular weight is 631 g/mol. The molecule has 6 rings (SSSR count). The van der Waals surface area contributed by atoms with Crippen LogP contribution in [0.2, 0.25) is 0 Å². The highest BCUT2D eigenvalue weighted by Gasteiger charge is 2.61. The van der Waals surface area contributed by atoms with E-state index in [1.807, 2.05) is 0 Å². The predicted molar refractivity (Wildman–Crippen MR) is 159 cm³/mol. The number of aliphatic imine (C=N–C) groups is 1. The second-order valence-electron chi connectivity index (χ2n) is 12.4. The number of rotatable bonds is 8. The van der Waals surface area contributed by atoms with Gasteiger partial charge in [0.05, 0.1) is 24.6 Å². The van der Waals surface area contributed by atoms with Crippen LogP contribution in [0.15, 0.2) is 46.0 Å². The topological polar surface area (TPSA) is 104 Å². The minimum atomic E-state index is -2.93. The summed E-state index contributed by atoms with van der Waals surface area (Å²) in [6.07, 6.45) is 5.27. The Labute approximate surface area is 258 Å². The number of thiazole rings is 1. The van der Waals surface area contributed by atoms with Crippen LogP contribution < -0.4 is 5.32 Å². The molecule has 4 atom stereocenters. The first kappa shape index (κ1) is 30.8. The lowest BCUT2D eigenvalue weighted by Crippen LogP contribution is -2.41. The lowest BCUT2D eigenvalue weighted by molar-refractivity contribution is -0.143. The average Bonchev–Trinajstić information content (AvgIpc) is 3.74. The summed E-state index contributed by atoms with van der Waals surface area (Å²) in [6, 6.07) is 3.32. The third-order valence-electron chi connectivity index (χ3n) is 9.99. The van der Waals surface area contributed by atoms with Gasteiger partial charge in [0.1, 0.15) is 11.9 Å². The third kappa shape index (κ3) is 5.66. The fourth-order valence-corrected chi connectivity index (χ4v) is 8.56. The molecule has 1 saturated heterocycles. The number of carbonyl (C=O) groups is 2. The van der Waals surface area contributed by atoms with Crippen molar-refractivity contribution in [1.29, 1.82) is 0 Å². The number of ether oxygens (including phenoxy) is 1. The van der Waals surface area contributed by atoms with Crippen molar-refractivity contribution < 1.29 is 32.6 Å². The second kappa shape index (κ2) is 12.3. The zero-order valence-electron chi connectivity index (χ0n) is 24.8. The molecule has 2 aliphatic carbocycles. The van der Waals surface area contributed by atoms with Crippen molar-refractivity contribution in [2.24, 2.45) is 28.7 Å². The van der Waals surface area contributed by atoms with Crippen LogP contribution >= 0.6 is 11.3 Å². The molecule has 2 saturated carbocycles. The first-order chi connectivity index (χ1) is 21.1. The number of nitrogens with zero attached hydrogens (tertiary/aromatic N) is 3. The molecular weight excluding hydrogens is 593 g/mol. The van der Waals surface area contributed by atoms with Crippen LogP contribution in [0.1, 0.15) is 67.6 Å². The standard InChI is InChI=1S/C32H37F3N4O4S/c1-3-43-31(42)25-23(37-28(29-36-13-14-44-29)38-27(25)20-5-4-6-22(33)17(20)2)15-39-16-32(34,35)26-21(11-12-24(26)39)18-7-9-19(10-8-18)30(40)41/h4-6,13-14,18-19,21,24,26-27H,3,7-12,15-16H2,1-2H3,(H,37,38)(H,40,41)/t18?,19?,21-,24?,26-,27+/m1/s1. The normalized spacial score (nSPS) is 30.1. The molecule has 0 bridgehead atoms.